The Labute approximate surface area is 134 Å². The summed E-state index contributed by atoms with van der Waals surface area (Å²) in [5.74, 6) is -1.20. The number of ether oxygens (including phenoxy) is 1. The third-order valence-corrected chi connectivity index (χ3v) is 2.51. The monoisotopic (exact) mass is 314 g/mol. The third kappa shape index (κ3) is 16.4. The Morgan fingerprint density at radius 3 is 1.91 bits per heavy atom. The lowest BCUT2D eigenvalue weighted by atomic mass is 10.1. The minimum atomic E-state index is -0.885. The third-order valence-electron chi connectivity index (χ3n) is 2.51. The van der Waals surface area contributed by atoms with Gasteiger partial charge in [0.15, 0.2) is 0 Å². The van der Waals surface area contributed by atoms with Crippen LogP contribution < -0.4 is 0 Å². The van der Waals surface area contributed by atoms with Crippen LogP contribution in [0.1, 0.15) is 19.8 Å². The highest BCUT2D eigenvalue weighted by Gasteiger charge is 2.03. The molecule has 0 aliphatic heterocycles. The van der Waals surface area contributed by atoms with Crippen LogP contribution in [0.2, 0.25) is 0 Å². The van der Waals surface area contributed by atoms with Crippen LogP contribution in [0.4, 0.5) is 0 Å². The molecule has 0 aliphatic rings. The van der Waals surface area contributed by atoms with Crippen molar-refractivity contribution in [1.82, 2.24) is 9.80 Å². The molecule has 128 valence electrons. The van der Waals surface area contributed by atoms with Crippen molar-refractivity contribution in [3.05, 3.63) is 24.3 Å². The molecule has 0 aliphatic carbocycles. The fourth-order valence-corrected chi connectivity index (χ4v) is 1.16. The summed E-state index contributed by atoms with van der Waals surface area (Å²) in [6.45, 7) is 10.6. The zero-order chi connectivity index (χ0) is 17.7. The largest absolute Gasteiger partial charge is 0.478 e. The van der Waals surface area contributed by atoms with E-state index in [1.54, 1.807) is 6.92 Å². The summed E-state index contributed by atoms with van der Waals surface area (Å²) >= 11 is 0. The number of nitrogens with zero attached hydrogens (tertiary/aromatic N) is 2. The Morgan fingerprint density at radius 2 is 1.55 bits per heavy atom. The molecule has 1 N–H and O–H groups in total. The molecular formula is C16H30N2O4. The highest BCUT2D eigenvalue weighted by atomic mass is 16.5. The van der Waals surface area contributed by atoms with Crippen molar-refractivity contribution in [2.75, 3.05) is 47.9 Å². The summed E-state index contributed by atoms with van der Waals surface area (Å²) < 4.78 is 4.83. The molecule has 0 radical (unpaired) electrons. The van der Waals surface area contributed by atoms with E-state index in [-0.39, 0.29) is 5.97 Å². The van der Waals surface area contributed by atoms with Crippen LogP contribution in [0, 0.1) is 0 Å². The van der Waals surface area contributed by atoms with Crippen LogP contribution in [0.15, 0.2) is 24.3 Å². The van der Waals surface area contributed by atoms with Gasteiger partial charge < -0.3 is 19.6 Å². The summed E-state index contributed by atoms with van der Waals surface area (Å²) in [6.07, 6.45) is 1.44. The number of hydrogen-bond acceptors (Lipinski definition) is 5. The second-order valence-corrected chi connectivity index (χ2v) is 5.54. The number of carbonyl (C=O) groups excluding carboxylic acids is 1. The molecule has 0 spiro atoms. The van der Waals surface area contributed by atoms with Gasteiger partial charge >= 0.3 is 11.9 Å². The molecule has 0 heterocycles. The van der Waals surface area contributed by atoms with E-state index < -0.39 is 5.97 Å². The lowest BCUT2D eigenvalue weighted by Gasteiger charge is -2.09. The topological polar surface area (TPSA) is 70.1 Å². The van der Waals surface area contributed by atoms with Crippen molar-refractivity contribution in [1.29, 1.82) is 0 Å². The lowest BCUT2D eigenvalue weighted by Crippen LogP contribution is -2.20. The molecule has 0 unspecified atom stereocenters. The summed E-state index contributed by atoms with van der Waals surface area (Å²) in [6, 6.07) is 0. The van der Waals surface area contributed by atoms with Gasteiger partial charge in [0, 0.05) is 17.7 Å². The molecule has 0 atom stereocenters. The van der Waals surface area contributed by atoms with Crippen LogP contribution in [-0.2, 0) is 14.3 Å². The fourth-order valence-electron chi connectivity index (χ4n) is 1.16. The van der Waals surface area contributed by atoms with E-state index >= 15 is 0 Å². The normalized spacial score (nSPS) is 9.95. The van der Waals surface area contributed by atoms with Crippen LogP contribution in [-0.4, -0.2) is 74.7 Å². The minimum Gasteiger partial charge on any atom is -0.478 e. The van der Waals surface area contributed by atoms with E-state index in [1.165, 1.54) is 0 Å². The molecule has 0 aromatic heterocycles. The second kappa shape index (κ2) is 13.0. The van der Waals surface area contributed by atoms with Gasteiger partial charge in [-0.15, -0.1) is 0 Å². The molecule has 0 bridgehead atoms. The van der Waals surface area contributed by atoms with Crippen LogP contribution >= 0.6 is 0 Å². The number of likely N-dealkylation sites (N-methyl/N-ethyl adjacent to an activating group) is 1. The number of carboxylic acids is 1. The van der Waals surface area contributed by atoms with E-state index in [4.69, 9.17) is 9.84 Å². The first kappa shape index (κ1) is 22.6. The van der Waals surface area contributed by atoms with Gasteiger partial charge in [0.25, 0.3) is 0 Å². The van der Waals surface area contributed by atoms with Gasteiger partial charge in [-0.25, -0.2) is 9.59 Å². The van der Waals surface area contributed by atoms with Crippen molar-refractivity contribution >= 4 is 11.9 Å². The van der Waals surface area contributed by atoms with Gasteiger partial charge in [-0.2, -0.15) is 0 Å². The summed E-state index contributed by atoms with van der Waals surface area (Å²) in [5, 5.41) is 8.43. The zero-order valence-electron chi connectivity index (χ0n) is 14.5. The van der Waals surface area contributed by atoms with E-state index in [0.29, 0.717) is 24.2 Å². The summed E-state index contributed by atoms with van der Waals surface area (Å²) in [4.78, 5) is 25.0. The predicted octanol–water partition coefficient (Wildman–Crippen LogP) is 1.64. The zero-order valence-corrected chi connectivity index (χ0v) is 14.5. The Morgan fingerprint density at radius 1 is 1.05 bits per heavy atom. The van der Waals surface area contributed by atoms with Gasteiger partial charge in [-0.05, 0) is 54.5 Å². The first-order valence-electron chi connectivity index (χ1n) is 7.11. The molecule has 6 heteroatoms. The Bertz CT molecular complexity index is 340. The Balaban J connectivity index is 0. The van der Waals surface area contributed by atoms with Crippen molar-refractivity contribution in [2.24, 2.45) is 0 Å². The molecule has 0 aromatic rings. The second-order valence-electron chi connectivity index (χ2n) is 5.54. The smallest absolute Gasteiger partial charge is 0.333 e. The highest BCUT2D eigenvalue weighted by Crippen LogP contribution is 2.01. The number of aliphatic carboxylic acids is 1. The number of hydrogen-bond donors (Lipinski definition) is 1. The van der Waals surface area contributed by atoms with E-state index in [0.717, 1.165) is 19.5 Å². The average molecular weight is 314 g/mol. The number of esters is 1. The standard InChI is InChI=1S/2C8H15NO2/c1-7(2)8(10)11-6-5-9(3)4;1-7(8(10)11)5-4-6-9(2)3/h1,5-6H2,2-4H3;1,4-6H2,2-3H3,(H,10,11). The summed E-state index contributed by atoms with van der Waals surface area (Å²) in [5.41, 5.74) is 0.746. The fraction of sp³-hybridized carbons (Fsp3) is 0.625. The molecule has 0 amide bonds. The number of carbonyl (C=O) groups is 2. The van der Waals surface area contributed by atoms with E-state index in [9.17, 15) is 9.59 Å². The molecule has 0 saturated heterocycles. The molecule has 6 nitrogen and oxygen atoms in total. The van der Waals surface area contributed by atoms with Gasteiger partial charge in [0.05, 0.1) is 0 Å². The van der Waals surface area contributed by atoms with Gasteiger partial charge in [0.1, 0.15) is 6.61 Å². The van der Waals surface area contributed by atoms with Crippen LogP contribution in [0.5, 0.6) is 0 Å². The molecule has 0 fully saturated rings. The van der Waals surface area contributed by atoms with Gasteiger partial charge in [-0.3, -0.25) is 0 Å². The first-order chi connectivity index (χ1) is 10.1. The maximum Gasteiger partial charge on any atom is 0.333 e. The average Bonchev–Trinajstić information content (AvgIpc) is 2.38. The molecular weight excluding hydrogens is 284 g/mol. The quantitative estimate of drug-likeness (QED) is 0.515. The Hall–Kier alpha value is -1.66. The molecule has 0 saturated carbocycles. The minimum absolute atomic E-state index is 0.298. The molecule has 22 heavy (non-hydrogen) atoms. The maximum atomic E-state index is 10.8. The maximum absolute atomic E-state index is 10.8. The number of rotatable bonds is 9. The SMILES string of the molecule is C=C(C)C(=O)OCCN(C)C.C=C(CCCN(C)C)C(=O)O. The van der Waals surface area contributed by atoms with Crippen molar-refractivity contribution in [3.63, 3.8) is 0 Å². The summed E-state index contributed by atoms with van der Waals surface area (Å²) in [7, 11) is 7.77. The van der Waals surface area contributed by atoms with Gasteiger partial charge in [0.2, 0.25) is 0 Å². The highest BCUT2D eigenvalue weighted by molar-refractivity contribution is 5.86. The van der Waals surface area contributed by atoms with Gasteiger partial charge in [-0.1, -0.05) is 13.2 Å². The first-order valence-corrected chi connectivity index (χ1v) is 7.11. The van der Waals surface area contributed by atoms with Crippen molar-refractivity contribution in [3.8, 4) is 0 Å². The van der Waals surface area contributed by atoms with E-state index in [2.05, 4.69) is 13.2 Å². The lowest BCUT2D eigenvalue weighted by molar-refractivity contribution is -0.139. The number of carboxylic acid groups (broad SMARTS) is 1. The predicted molar refractivity (Wildman–Crippen MR) is 88.9 cm³/mol. The van der Waals surface area contributed by atoms with Crippen LogP contribution in [0.3, 0.4) is 0 Å². The van der Waals surface area contributed by atoms with Crippen molar-refractivity contribution < 1.29 is 19.4 Å². The van der Waals surface area contributed by atoms with Crippen molar-refractivity contribution in [2.45, 2.75) is 19.8 Å². The molecule has 0 rings (SSSR count). The Kier molecular flexibility index (Phi) is 13.4. The van der Waals surface area contributed by atoms with E-state index in [1.807, 2.05) is 38.0 Å². The van der Waals surface area contributed by atoms with Crippen LogP contribution in [0.25, 0.3) is 0 Å². The molecule has 0 aromatic carbocycles.